The molecule has 0 aromatic heterocycles. The summed E-state index contributed by atoms with van der Waals surface area (Å²) < 4.78 is 41.6. The summed E-state index contributed by atoms with van der Waals surface area (Å²) in [5.41, 5.74) is 0.946. The number of carbonyl (C=O) groups is 1. The molecule has 0 saturated heterocycles. The highest BCUT2D eigenvalue weighted by molar-refractivity contribution is 6.02. The van der Waals surface area contributed by atoms with Gasteiger partial charge in [-0.25, -0.2) is 0 Å². The molecule has 2 nitrogen and oxygen atoms in total. The number of ketones is 1. The molecule has 0 fully saturated rings. The first-order valence-corrected chi connectivity index (χ1v) is 4.54. The van der Waals surface area contributed by atoms with Gasteiger partial charge in [0.05, 0.1) is 12.7 Å². The Morgan fingerprint density at radius 2 is 1.69 bits per heavy atom. The lowest BCUT2D eigenvalue weighted by atomic mass is 10.0. The molecule has 16 heavy (non-hydrogen) atoms. The van der Waals surface area contributed by atoms with Crippen molar-refractivity contribution in [1.82, 2.24) is 0 Å². The minimum absolute atomic E-state index is 0.0505. The summed E-state index contributed by atoms with van der Waals surface area (Å²) in [7, 11) is 1.23. The first-order chi connectivity index (χ1) is 7.27. The number of aryl methyl sites for hydroxylation is 2. The average Bonchev–Trinajstić information content (AvgIpc) is 2.19. The third-order valence-corrected chi connectivity index (χ3v) is 2.32. The Morgan fingerprint density at radius 3 is 2.12 bits per heavy atom. The Morgan fingerprint density at radius 1 is 1.19 bits per heavy atom. The standard InChI is InChI=1S/C11H11F3O2/c1-6-4-8(10(15)11(12,13)14)9(16-3)5-7(6)2/h4-5H,1-3H3. The summed E-state index contributed by atoms with van der Waals surface area (Å²) >= 11 is 0. The maximum atomic E-state index is 12.3. The molecule has 0 spiro atoms. The lowest BCUT2D eigenvalue weighted by Crippen LogP contribution is -2.23. The fraction of sp³-hybridized carbons (Fsp3) is 0.364. The quantitative estimate of drug-likeness (QED) is 0.732. The predicted octanol–water partition coefficient (Wildman–Crippen LogP) is 3.06. The van der Waals surface area contributed by atoms with Crippen LogP contribution in [0.2, 0.25) is 0 Å². The van der Waals surface area contributed by atoms with Crippen LogP contribution in [0, 0.1) is 13.8 Å². The van der Waals surface area contributed by atoms with Gasteiger partial charge in [-0.05, 0) is 37.1 Å². The number of rotatable bonds is 2. The molecule has 0 bridgehead atoms. The normalized spacial score (nSPS) is 11.4. The molecule has 0 saturated carbocycles. The van der Waals surface area contributed by atoms with Crippen molar-refractivity contribution < 1.29 is 22.7 Å². The van der Waals surface area contributed by atoms with Crippen molar-refractivity contribution in [3.63, 3.8) is 0 Å². The Kier molecular flexibility index (Phi) is 3.26. The van der Waals surface area contributed by atoms with Crippen molar-refractivity contribution in [2.75, 3.05) is 7.11 Å². The van der Waals surface area contributed by atoms with E-state index in [9.17, 15) is 18.0 Å². The zero-order valence-electron chi connectivity index (χ0n) is 9.11. The second kappa shape index (κ2) is 4.15. The molecule has 0 N–H and O–H groups in total. The minimum atomic E-state index is -4.88. The highest BCUT2D eigenvalue weighted by Crippen LogP contribution is 2.29. The third kappa shape index (κ3) is 2.35. The van der Waals surface area contributed by atoms with Crippen LogP contribution in [-0.2, 0) is 0 Å². The molecule has 5 heteroatoms. The minimum Gasteiger partial charge on any atom is -0.496 e. The van der Waals surface area contributed by atoms with E-state index in [1.165, 1.54) is 19.2 Å². The second-order valence-electron chi connectivity index (χ2n) is 3.46. The van der Waals surface area contributed by atoms with Crippen LogP contribution in [0.4, 0.5) is 13.2 Å². The monoisotopic (exact) mass is 232 g/mol. The van der Waals surface area contributed by atoms with Crippen LogP contribution in [0.15, 0.2) is 12.1 Å². The summed E-state index contributed by atoms with van der Waals surface area (Å²) in [6.07, 6.45) is -4.88. The molecular weight excluding hydrogens is 221 g/mol. The topological polar surface area (TPSA) is 26.3 Å². The van der Waals surface area contributed by atoms with Crippen LogP contribution in [0.5, 0.6) is 5.75 Å². The van der Waals surface area contributed by atoms with E-state index in [1.807, 2.05) is 0 Å². The summed E-state index contributed by atoms with van der Waals surface area (Å²) in [4.78, 5) is 11.1. The van der Waals surface area contributed by atoms with E-state index in [0.717, 1.165) is 5.56 Å². The molecule has 0 radical (unpaired) electrons. The predicted molar refractivity (Wildman–Crippen MR) is 52.9 cm³/mol. The number of hydrogen-bond acceptors (Lipinski definition) is 2. The fourth-order valence-corrected chi connectivity index (χ4v) is 1.29. The SMILES string of the molecule is COc1cc(C)c(C)cc1C(=O)C(F)(F)F. The van der Waals surface area contributed by atoms with Gasteiger partial charge in [0.25, 0.3) is 5.78 Å². The number of alkyl halides is 3. The number of benzene rings is 1. The Hall–Kier alpha value is -1.52. The highest BCUT2D eigenvalue weighted by Gasteiger charge is 2.40. The zero-order valence-corrected chi connectivity index (χ0v) is 9.11. The van der Waals surface area contributed by atoms with Crippen molar-refractivity contribution in [2.24, 2.45) is 0 Å². The number of carbonyl (C=O) groups excluding carboxylic acids is 1. The molecule has 0 heterocycles. The van der Waals surface area contributed by atoms with Crippen LogP contribution in [0.3, 0.4) is 0 Å². The molecule has 1 rings (SSSR count). The van der Waals surface area contributed by atoms with Crippen molar-refractivity contribution in [3.05, 3.63) is 28.8 Å². The lowest BCUT2D eigenvalue weighted by Gasteiger charge is -2.12. The summed E-state index contributed by atoms with van der Waals surface area (Å²) in [6, 6.07) is 2.62. The highest BCUT2D eigenvalue weighted by atomic mass is 19.4. The fourth-order valence-electron chi connectivity index (χ4n) is 1.29. The van der Waals surface area contributed by atoms with E-state index in [-0.39, 0.29) is 5.75 Å². The maximum absolute atomic E-state index is 12.3. The molecule has 0 amide bonds. The molecular formula is C11H11F3O2. The lowest BCUT2D eigenvalue weighted by molar-refractivity contribution is -0.0886. The first-order valence-electron chi connectivity index (χ1n) is 4.54. The number of hydrogen-bond donors (Lipinski definition) is 0. The van der Waals surface area contributed by atoms with Crippen LogP contribution in [0.25, 0.3) is 0 Å². The summed E-state index contributed by atoms with van der Waals surface area (Å²) in [5.74, 6) is -1.93. The van der Waals surface area contributed by atoms with Crippen LogP contribution in [0.1, 0.15) is 21.5 Å². The molecule has 1 aromatic rings. The van der Waals surface area contributed by atoms with Gasteiger partial charge >= 0.3 is 6.18 Å². The van der Waals surface area contributed by atoms with E-state index >= 15 is 0 Å². The molecule has 0 atom stereocenters. The van der Waals surface area contributed by atoms with Gasteiger partial charge in [-0.2, -0.15) is 13.2 Å². The summed E-state index contributed by atoms with van der Waals surface area (Å²) in [5, 5.41) is 0. The van der Waals surface area contributed by atoms with E-state index in [0.29, 0.717) is 5.56 Å². The molecule has 88 valence electrons. The second-order valence-corrected chi connectivity index (χ2v) is 3.46. The van der Waals surface area contributed by atoms with E-state index in [1.54, 1.807) is 13.8 Å². The molecule has 0 aliphatic carbocycles. The van der Waals surface area contributed by atoms with E-state index < -0.39 is 17.5 Å². The number of Topliss-reactive ketones (excluding diaryl/α,β-unsaturated/α-hetero) is 1. The number of ether oxygens (including phenoxy) is 1. The first kappa shape index (κ1) is 12.5. The van der Waals surface area contributed by atoms with Gasteiger partial charge in [0.15, 0.2) is 0 Å². The van der Waals surface area contributed by atoms with Gasteiger partial charge in [0.2, 0.25) is 0 Å². The summed E-state index contributed by atoms with van der Waals surface area (Å²) in [6.45, 7) is 3.38. The van der Waals surface area contributed by atoms with Crippen molar-refractivity contribution in [3.8, 4) is 5.75 Å². The Bertz CT molecular complexity index is 422. The van der Waals surface area contributed by atoms with Gasteiger partial charge < -0.3 is 4.74 Å². The van der Waals surface area contributed by atoms with Gasteiger partial charge in [0.1, 0.15) is 5.75 Å². The molecule has 0 unspecified atom stereocenters. The molecule has 1 aromatic carbocycles. The maximum Gasteiger partial charge on any atom is 0.455 e. The zero-order chi connectivity index (χ0) is 12.5. The number of methoxy groups -OCH3 is 1. The Balaban J connectivity index is 3.33. The van der Waals surface area contributed by atoms with E-state index in [4.69, 9.17) is 4.74 Å². The third-order valence-electron chi connectivity index (χ3n) is 2.32. The van der Waals surface area contributed by atoms with E-state index in [2.05, 4.69) is 0 Å². The molecule has 0 aliphatic heterocycles. The Labute approximate surface area is 91.0 Å². The van der Waals surface area contributed by atoms with Gasteiger partial charge in [-0.3, -0.25) is 4.79 Å². The largest absolute Gasteiger partial charge is 0.496 e. The van der Waals surface area contributed by atoms with Crippen molar-refractivity contribution in [2.45, 2.75) is 20.0 Å². The number of halogens is 3. The van der Waals surface area contributed by atoms with Crippen LogP contribution < -0.4 is 4.74 Å². The average molecular weight is 232 g/mol. The van der Waals surface area contributed by atoms with Crippen LogP contribution in [-0.4, -0.2) is 19.1 Å². The van der Waals surface area contributed by atoms with Gasteiger partial charge in [0, 0.05) is 0 Å². The van der Waals surface area contributed by atoms with Crippen molar-refractivity contribution in [1.29, 1.82) is 0 Å². The van der Waals surface area contributed by atoms with Crippen LogP contribution >= 0.6 is 0 Å². The van der Waals surface area contributed by atoms with Gasteiger partial charge in [-0.15, -0.1) is 0 Å². The van der Waals surface area contributed by atoms with Crippen molar-refractivity contribution >= 4 is 5.78 Å². The molecule has 0 aliphatic rings. The van der Waals surface area contributed by atoms with Gasteiger partial charge in [-0.1, -0.05) is 0 Å². The smallest absolute Gasteiger partial charge is 0.455 e.